The Morgan fingerprint density at radius 2 is 1.87 bits per heavy atom. The number of fused-ring (bicyclic) bond motifs is 1. The first kappa shape index (κ1) is 27.4. The van der Waals surface area contributed by atoms with Crippen LogP contribution < -0.4 is 19.5 Å². The Morgan fingerprint density at radius 1 is 1.10 bits per heavy atom. The summed E-state index contributed by atoms with van der Waals surface area (Å²) < 4.78 is 17.2. The van der Waals surface area contributed by atoms with Crippen LogP contribution in [-0.2, 0) is 16.1 Å². The number of benzene rings is 3. The minimum atomic E-state index is -0.473. The Hall–Kier alpha value is -3.18. The summed E-state index contributed by atoms with van der Waals surface area (Å²) in [6, 6.07) is 13.6. The van der Waals surface area contributed by atoms with Crippen molar-refractivity contribution in [1.29, 1.82) is 0 Å². The number of rotatable bonds is 7. The van der Waals surface area contributed by atoms with Crippen molar-refractivity contribution in [1.82, 2.24) is 4.90 Å². The van der Waals surface area contributed by atoms with Crippen molar-refractivity contribution in [3.05, 3.63) is 84.6 Å². The Kier molecular flexibility index (Phi) is 8.08. The van der Waals surface area contributed by atoms with Crippen molar-refractivity contribution in [3.8, 4) is 17.2 Å². The maximum absolute atomic E-state index is 13.2. The van der Waals surface area contributed by atoms with Crippen LogP contribution in [0.4, 0.5) is 10.5 Å². The predicted octanol–water partition coefficient (Wildman–Crippen LogP) is 7.05. The molecule has 0 unspecified atom stereocenters. The third kappa shape index (κ3) is 6.19. The number of nitrogens with zero attached hydrogens (tertiary/aromatic N) is 1. The Bertz CT molecular complexity index is 1550. The van der Waals surface area contributed by atoms with Gasteiger partial charge in [0.25, 0.3) is 17.1 Å². The lowest BCUT2D eigenvalue weighted by Crippen LogP contribution is -2.27. The summed E-state index contributed by atoms with van der Waals surface area (Å²) >= 11 is 16.7. The number of anilines is 1. The van der Waals surface area contributed by atoms with Gasteiger partial charge in [0, 0.05) is 31.8 Å². The number of carbonyl (C=O) groups is 3. The molecule has 1 N–H and O–H groups in total. The quantitative estimate of drug-likeness (QED) is 0.274. The number of aryl methyl sites for hydroxylation is 1. The molecule has 8 nitrogen and oxygen atoms in total. The summed E-state index contributed by atoms with van der Waals surface area (Å²) in [5.41, 5.74) is 2.51. The lowest BCUT2D eigenvalue weighted by atomic mass is 10.1. The normalized spacial score (nSPS) is 15.3. The fourth-order valence-corrected chi connectivity index (χ4v) is 5.40. The first-order valence-electron chi connectivity index (χ1n) is 11.5. The minimum Gasteiger partial charge on any atom is -0.483 e. The smallest absolute Gasteiger partial charge is 0.293 e. The molecule has 0 bridgehead atoms. The summed E-state index contributed by atoms with van der Waals surface area (Å²) in [4.78, 5) is 39.7. The zero-order chi connectivity index (χ0) is 27.7. The second-order valence-corrected chi connectivity index (χ2v) is 11.3. The molecule has 0 radical (unpaired) electrons. The van der Waals surface area contributed by atoms with Crippen LogP contribution in [0.5, 0.6) is 17.2 Å². The molecule has 3 aromatic rings. The molecule has 1 saturated heterocycles. The molecule has 2 heterocycles. The number of amides is 3. The molecule has 200 valence electrons. The predicted molar refractivity (Wildman–Crippen MR) is 154 cm³/mol. The van der Waals surface area contributed by atoms with E-state index in [-0.39, 0.29) is 30.8 Å². The summed E-state index contributed by atoms with van der Waals surface area (Å²) in [7, 11) is 0. The van der Waals surface area contributed by atoms with Crippen LogP contribution in [0.1, 0.15) is 16.7 Å². The maximum atomic E-state index is 13.2. The van der Waals surface area contributed by atoms with Crippen LogP contribution in [-0.4, -0.2) is 35.4 Å². The van der Waals surface area contributed by atoms with Crippen LogP contribution in [0.25, 0.3) is 6.08 Å². The molecular formula is C27H19BrCl2N2O6S. The highest BCUT2D eigenvalue weighted by Crippen LogP contribution is 2.40. The number of thioether (sulfide) groups is 1. The SMILES string of the molecule is Cc1ccc(NC(=O)COc2ccc(Br)cc2/C=C2\SC(=O)N(Cc3cc4c(cc3Cl)OCO4)C2=O)cc1Cl. The molecule has 3 amide bonds. The summed E-state index contributed by atoms with van der Waals surface area (Å²) in [6.07, 6.45) is 1.56. The molecule has 2 aliphatic rings. The molecule has 1 fully saturated rings. The highest BCUT2D eigenvalue weighted by Gasteiger charge is 2.36. The van der Waals surface area contributed by atoms with Crippen LogP contribution in [0.15, 0.2) is 57.9 Å². The molecule has 0 spiro atoms. The van der Waals surface area contributed by atoms with E-state index in [9.17, 15) is 14.4 Å². The van der Waals surface area contributed by atoms with E-state index in [4.69, 9.17) is 37.4 Å². The van der Waals surface area contributed by atoms with Gasteiger partial charge in [-0.1, -0.05) is 45.2 Å². The largest absolute Gasteiger partial charge is 0.483 e. The molecule has 0 saturated carbocycles. The van der Waals surface area contributed by atoms with Gasteiger partial charge in [0.15, 0.2) is 18.1 Å². The second kappa shape index (κ2) is 11.5. The van der Waals surface area contributed by atoms with Gasteiger partial charge in [-0.3, -0.25) is 19.3 Å². The standard InChI is InChI=1S/C27H19BrCl2N2O6S/c1-14-2-4-18(9-19(14)29)31-25(33)12-36-21-5-3-17(28)6-15(21)8-24-26(34)32(27(35)39-24)11-16-7-22-23(10-20(16)30)38-13-37-22/h2-10H,11-13H2,1H3,(H,31,33)/b24-8-. The van der Waals surface area contributed by atoms with E-state index in [1.54, 1.807) is 54.6 Å². The maximum Gasteiger partial charge on any atom is 0.293 e. The van der Waals surface area contributed by atoms with Crippen LogP contribution in [0, 0.1) is 6.92 Å². The van der Waals surface area contributed by atoms with Crippen molar-refractivity contribution in [2.24, 2.45) is 0 Å². The van der Waals surface area contributed by atoms with E-state index in [1.807, 2.05) is 6.92 Å². The van der Waals surface area contributed by atoms with Gasteiger partial charge in [0.05, 0.1) is 11.4 Å². The van der Waals surface area contributed by atoms with Gasteiger partial charge in [-0.25, -0.2) is 0 Å². The highest BCUT2D eigenvalue weighted by atomic mass is 79.9. The van der Waals surface area contributed by atoms with Crippen molar-refractivity contribution < 1.29 is 28.6 Å². The van der Waals surface area contributed by atoms with E-state index in [2.05, 4.69) is 21.2 Å². The van der Waals surface area contributed by atoms with Gasteiger partial charge in [-0.05, 0) is 72.3 Å². The average Bonchev–Trinajstić information content (AvgIpc) is 3.45. The van der Waals surface area contributed by atoms with Gasteiger partial charge in [0.2, 0.25) is 6.79 Å². The lowest BCUT2D eigenvalue weighted by molar-refractivity contribution is -0.123. The number of carbonyl (C=O) groups excluding carboxylic acids is 3. The zero-order valence-corrected chi connectivity index (χ0v) is 24.2. The molecule has 0 aromatic heterocycles. The van der Waals surface area contributed by atoms with Crippen LogP contribution in [0.2, 0.25) is 10.0 Å². The van der Waals surface area contributed by atoms with Crippen molar-refractivity contribution in [2.75, 3.05) is 18.7 Å². The topological polar surface area (TPSA) is 94.2 Å². The molecule has 12 heteroatoms. The van der Waals surface area contributed by atoms with E-state index in [0.717, 1.165) is 26.7 Å². The first-order valence-corrected chi connectivity index (χ1v) is 13.9. The monoisotopic (exact) mass is 648 g/mol. The molecule has 0 aliphatic carbocycles. The molecule has 0 atom stereocenters. The van der Waals surface area contributed by atoms with Gasteiger partial charge >= 0.3 is 0 Å². The Labute approximate surface area is 246 Å². The number of hydrogen-bond donors (Lipinski definition) is 1. The zero-order valence-electron chi connectivity index (χ0n) is 20.3. The van der Waals surface area contributed by atoms with E-state index in [0.29, 0.717) is 44.1 Å². The van der Waals surface area contributed by atoms with Gasteiger partial charge in [0.1, 0.15) is 5.75 Å². The molecular weight excluding hydrogens is 631 g/mol. The molecule has 39 heavy (non-hydrogen) atoms. The minimum absolute atomic E-state index is 0.0253. The van der Waals surface area contributed by atoms with Gasteiger partial charge in [-0.15, -0.1) is 0 Å². The number of nitrogens with one attached hydrogen (secondary N) is 1. The first-order chi connectivity index (χ1) is 18.7. The third-order valence-electron chi connectivity index (χ3n) is 5.82. The van der Waals surface area contributed by atoms with E-state index in [1.165, 1.54) is 0 Å². The van der Waals surface area contributed by atoms with Crippen molar-refractivity contribution >= 4 is 79.7 Å². The van der Waals surface area contributed by atoms with Gasteiger partial charge < -0.3 is 19.5 Å². The summed E-state index contributed by atoms with van der Waals surface area (Å²) in [6.45, 7) is 1.65. The Balaban J connectivity index is 1.30. The second-order valence-electron chi connectivity index (χ2n) is 8.55. The number of ether oxygens (including phenoxy) is 3. The number of halogens is 3. The van der Waals surface area contributed by atoms with Gasteiger partial charge in [-0.2, -0.15) is 0 Å². The van der Waals surface area contributed by atoms with Crippen molar-refractivity contribution in [3.63, 3.8) is 0 Å². The molecule has 3 aromatic carbocycles. The third-order valence-corrected chi connectivity index (χ3v) is 7.98. The fourth-order valence-electron chi connectivity index (χ4n) is 3.80. The van der Waals surface area contributed by atoms with Crippen LogP contribution in [0.3, 0.4) is 0 Å². The summed E-state index contributed by atoms with van der Waals surface area (Å²) in [5.74, 6) is 0.517. The number of hydrogen-bond acceptors (Lipinski definition) is 7. The highest BCUT2D eigenvalue weighted by molar-refractivity contribution is 9.10. The average molecular weight is 650 g/mol. The lowest BCUT2D eigenvalue weighted by Gasteiger charge is -2.14. The molecule has 5 rings (SSSR count). The van der Waals surface area contributed by atoms with E-state index >= 15 is 0 Å². The van der Waals surface area contributed by atoms with Crippen LogP contribution >= 0.6 is 50.9 Å². The fraction of sp³-hybridized carbons (Fsp3) is 0.148. The summed E-state index contributed by atoms with van der Waals surface area (Å²) in [5, 5.41) is 3.20. The number of imide groups is 1. The Morgan fingerprint density at radius 3 is 2.64 bits per heavy atom. The van der Waals surface area contributed by atoms with E-state index < -0.39 is 11.1 Å². The molecule has 2 aliphatic heterocycles. The van der Waals surface area contributed by atoms with Crippen molar-refractivity contribution in [2.45, 2.75) is 13.5 Å².